The molecule has 0 spiro atoms. The van der Waals surface area contributed by atoms with Gasteiger partial charge in [-0.05, 0) is 6.92 Å². The van der Waals surface area contributed by atoms with E-state index in [4.69, 9.17) is 0 Å². The summed E-state index contributed by atoms with van der Waals surface area (Å²) in [7, 11) is 2.17. The predicted octanol–water partition coefficient (Wildman–Crippen LogP) is -1.25. The number of hydrogen-bond acceptors (Lipinski definition) is 5. The Hall–Kier alpha value is -1.66. The molecule has 6 nitrogen and oxygen atoms in total. The smallest absolute Gasteiger partial charge is 0.145 e. The van der Waals surface area contributed by atoms with Crippen LogP contribution in [0.25, 0.3) is 0 Å². The summed E-state index contributed by atoms with van der Waals surface area (Å²) in [5, 5.41) is 25.7. The minimum absolute atomic E-state index is 0.0926. The van der Waals surface area contributed by atoms with Crippen molar-refractivity contribution in [2.75, 3.05) is 33.2 Å². The normalized spacial score (nSPS) is 17.3. The first kappa shape index (κ1) is 13.8. The van der Waals surface area contributed by atoms with Crippen LogP contribution in [0.1, 0.15) is 16.8 Å². The highest BCUT2D eigenvalue weighted by atomic mass is 16.3. The van der Waals surface area contributed by atoms with Crippen molar-refractivity contribution >= 4 is 6.21 Å². The van der Waals surface area contributed by atoms with Crippen LogP contribution in [0.4, 0.5) is 0 Å². The standard InChI is InChI=1S/C13H20N4O2/c1-10-13(19)12(11(9-18)7-14-10)8-15-17-5-3-16(2)4-6-17/h7-8,18-19H,3-6,9H2,1-2H3/p+1/b15-8+. The average molecular weight is 265 g/mol. The molecule has 6 heteroatoms. The number of nitrogens with one attached hydrogen (secondary N) is 1. The van der Waals surface area contributed by atoms with E-state index >= 15 is 0 Å². The third kappa shape index (κ3) is 3.21. The topological polar surface area (TPSA) is 73.4 Å². The number of hydrazone groups is 1. The summed E-state index contributed by atoms with van der Waals surface area (Å²) in [6, 6.07) is 0. The Morgan fingerprint density at radius 2 is 2.16 bits per heavy atom. The fraction of sp³-hybridized carbons (Fsp3) is 0.538. The average Bonchev–Trinajstić information content (AvgIpc) is 2.42. The summed E-state index contributed by atoms with van der Waals surface area (Å²) in [4.78, 5) is 5.53. The molecule has 0 atom stereocenters. The van der Waals surface area contributed by atoms with E-state index in [2.05, 4.69) is 17.1 Å². The molecule has 1 aromatic rings. The largest absolute Gasteiger partial charge is 0.505 e. The van der Waals surface area contributed by atoms with Crippen LogP contribution in [0, 0.1) is 6.92 Å². The monoisotopic (exact) mass is 265 g/mol. The quantitative estimate of drug-likeness (QED) is 0.597. The molecule has 104 valence electrons. The Kier molecular flexibility index (Phi) is 4.34. The van der Waals surface area contributed by atoms with Crippen LogP contribution in [0.2, 0.25) is 0 Å². The molecule has 0 aliphatic carbocycles. The summed E-state index contributed by atoms with van der Waals surface area (Å²) < 4.78 is 0. The van der Waals surface area contributed by atoms with Gasteiger partial charge in [0, 0.05) is 17.3 Å². The van der Waals surface area contributed by atoms with Gasteiger partial charge in [0.25, 0.3) is 0 Å². The Labute approximate surface area is 113 Å². The van der Waals surface area contributed by atoms with Crippen LogP contribution >= 0.6 is 0 Å². The van der Waals surface area contributed by atoms with Crippen LogP contribution in [-0.4, -0.2) is 59.6 Å². The molecule has 2 heterocycles. The third-order valence-corrected chi connectivity index (χ3v) is 3.47. The first-order valence-corrected chi connectivity index (χ1v) is 6.50. The van der Waals surface area contributed by atoms with Crippen LogP contribution in [0.3, 0.4) is 0 Å². The number of piperazine rings is 1. The number of aromatic nitrogens is 1. The minimum Gasteiger partial charge on any atom is -0.505 e. The lowest BCUT2D eigenvalue weighted by molar-refractivity contribution is -0.884. The van der Waals surface area contributed by atoms with Crippen molar-refractivity contribution in [2.45, 2.75) is 13.5 Å². The molecular weight excluding hydrogens is 244 g/mol. The van der Waals surface area contributed by atoms with Gasteiger partial charge in [-0.2, -0.15) is 5.10 Å². The number of rotatable bonds is 3. The molecule has 1 aromatic heterocycles. The number of nitrogens with zero attached hydrogens (tertiary/aromatic N) is 3. The first-order chi connectivity index (χ1) is 9.11. The van der Waals surface area contributed by atoms with E-state index in [0.29, 0.717) is 16.8 Å². The number of aryl methyl sites for hydroxylation is 1. The van der Waals surface area contributed by atoms with Crippen molar-refractivity contribution in [1.82, 2.24) is 9.99 Å². The van der Waals surface area contributed by atoms with E-state index in [1.165, 1.54) is 4.90 Å². The molecule has 1 fully saturated rings. The fourth-order valence-corrected chi connectivity index (χ4v) is 2.05. The Balaban J connectivity index is 2.16. The van der Waals surface area contributed by atoms with Crippen LogP contribution in [0.5, 0.6) is 5.75 Å². The van der Waals surface area contributed by atoms with Gasteiger partial charge in [-0.25, -0.2) is 0 Å². The van der Waals surface area contributed by atoms with Gasteiger partial charge in [-0.1, -0.05) is 0 Å². The van der Waals surface area contributed by atoms with E-state index in [9.17, 15) is 10.2 Å². The number of aromatic hydroxyl groups is 1. The highest BCUT2D eigenvalue weighted by Gasteiger charge is 2.15. The van der Waals surface area contributed by atoms with Crippen molar-refractivity contribution in [2.24, 2.45) is 5.10 Å². The Morgan fingerprint density at radius 3 is 2.79 bits per heavy atom. The molecule has 0 amide bonds. The second kappa shape index (κ2) is 5.99. The van der Waals surface area contributed by atoms with E-state index in [1.54, 1.807) is 19.3 Å². The molecule has 0 bridgehead atoms. The second-order valence-corrected chi connectivity index (χ2v) is 4.94. The zero-order valence-corrected chi connectivity index (χ0v) is 11.4. The molecule has 0 aromatic carbocycles. The minimum atomic E-state index is -0.158. The zero-order valence-electron chi connectivity index (χ0n) is 11.4. The molecular formula is C13H21N4O2+. The van der Waals surface area contributed by atoms with E-state index in [0.717, 1.165) is 26.2 Å². The van der Waals surface area contributed by atoms with Crippen molar-refractivity contribution in [1.29, 1.82) is 0 Å². The van der Waals surface area contributed by atoms with Crippen molar-refractivity contribution in [3.63, 3.8) is 0 Å². The summed E-state index contributed by atoms with van der Waals surface area (Å²) >= 11 is 0. The number of likely N-dealkylation sites (N-methyl/N-ethyl adjacent to an activating group) is 1. The van der Waals surface area contributed by atoms with Gasteiger partial charge in [-0.15, -0.1) is 0 Å². The lowest BCUT2D eigenvalue weighted by Gasteiger charge is -2.27. The summed E-state index contributed by atoms with van der Waals surface area (Å²) in [5.41, 5.74) is 1.69. The van der Waals surface area contributed by atoms with E-state index in [1.807, 2.05) is 5.01 Å². The first-order valence-electron chi connectivity index (χ1n) is 6.50. The highest BCUT2D eigenvalue weighted by molar-refractivity contribution is 5.85. The number of hydrogen-bond donors (Lipinski definition) is 3. The zero-order chi connectivity index (χ0) is 13.8. The molecule has 19 heavy (non-hydrogen) atoms. The molecule has 1 aliphatic heterocycles. The van der Waals surface area contributed by atoms with Crippen molar-refractivity contribution < 1.29 is 15.1 Å². The molecule has 1 aliphatic rings. The van der Waals surface area contributed by atoms with Gasteiger partial charge in [0.1, 0.15) is 5.75 Å². The highest BCUT2D eigenvalue weighted by Crippen LogP contribution is 2.21. The van der Waals surface area contributed by atoms with Crippen molar-refractivity contribution in [3.8, 4) is 5.75 Å². The maximum absolute atomic E-state index is 9.99. The molecule has 0 radical (unpaired) electrons. The maximum Gasteiger partial charge on any atom is 0.145 e. The Morgan fingerprint density at radius 1 is 1.47 bits per heavy atom. The lowest BCUT2D eigenvalue weighted by atomic mass is 10.1. The van der Waals surface area contributed by atoms with Gasteiger partial charge in [-0.3, -0.25) is 9.99 Å². The fourth-order valence-electron chi connectivity index (χ4n) is 2.05. The molecule has 2 rings (SSSR count). The maximum atomic E-state index is 9.99. The second-order valence-electron chi connectivity index (χ2n) is 4.94. The van der Waals surface area contributed by atoms with Crippen LogP contribution in [0.15, 0.2) is 11.3 Å². The van der Waals surface area contributed by atoms with E-state index < -0.39 is 0 Å². The summed E-state index contributed by atoms with van der Waals surface area (Å²) in [6.07, 6.45) is 3.20. The van der Waals surface area contributed by atoms with Gasteiger partial charge in [0.2, 0.25) is 0 Å². The predicted molar refractivity (Wildman–Crippen MR) is 72.3 cm³/mol. The molecule has 3 N–H and O–H groups in total. The van der Waals surface area contributed by atoms with Gasteiger partial charge >= 0.3 is 0 Å². The molecule has 0 unspecified atom stereocenters. The van der Waals surface area contributed by atoms with Gasteiger partial charge < -0.3 is 15.1 Å². The number of pyridine rings is 1. The van der Waals surface area contributed by atoms with Crippen LogP contribution in [-0.2, 0) is 6.61 Å². The number of aliphatic hydroxyl groups is 1. The third-order valence-electron chi connectivity index (χ3n) is 3.47. The lowest BCUT2D eigenvalue weighted by Crippen LogP contribution is -3.11. The summed E-state index contributed by atoms with van der Waals surface area (Å²) in [5.74, 6) is 0.0926. The molecule has 0 saturated carbocycles. The summed E-state index contributed by atoms with van der Waals surface area (Å²) in [6.45, 7) is 5.50. The van der Waals surface area contributed by atoms with E-state index in [-0.39, 0.29) is 12.4 Å². The Bertz CT molecular complexity index is 468. The molecule has 1 saturated heterocycles. The van der Waals surface area contributed by atoms with Crippen molar-refractivity contribution in [3.05, 3.63) is 23.0 Å². The number of aliphatic hydroxyl groups excluding tert-OH is 1. The SMILES string of the molecule is Cc1ncc(CO)c(/C=N/N2CC[NH+](C)CC2)c1O. The van der Waals surface area contributed by atoms with Crippen LogP contribution < -0.4 is 4.90 Å². The van der Waals surface area contributed by atoms with Gasteiger partial charge in [0.05, 0.1) is 51.7 Å². The van der Waals surface area contributed by atoms with Gasteiger partial charge in [0.15, 0.2) is 0 Å². The number of quaternary nitrogens is 1.